The van der Waals surface area contributed by atoms with Crippen LogP contribution in [0.5, 0.6) is 11.5 Å². The van der Waals surface area contributed by atoms with E-state index in [2.05, 4.69) is 29.2 Å². The largest absolute Gasteiger partial charge is 0.454 e. The minimum atomic E-state index is -0.00275. The molecule has 0 fully saturated rings. The second kappa shape index (κ2) is 10.5. The van der Waals surface area contributed by atoms with E-state index in [-0.39, 0.29) is 12.7 Å². The average molecular weight is 532 g/mol. The Bertz CT molecular complexity index is 1420. The predicted molar refractivity (Wildman–Crippen MR) is 144 cm³/mol. The second-order valence-electron chi connectivity index (χ2n) is 9.33. The third-order valence-electron chi connectivity index (χ3n) is 6.71. The Morgan fingerprint density at radius 1 is 0.946 bits per heavy atom. The van der Waals surface area contributed by atoms with E-state index in [1.807, 2.05) is 52.7 Å². The summed E-state index contributed by atoms with van der Waals surface area (Å²) in [5.74, 6) is 1.54. The molecule has 1 aromatic heterocycles. The van der Waals surface area contributed by atoms with Crippen molar-refractivity contribution in [1.29, 1.82) is 0 Å². The van der Waals surface area contributed by atoms with E-state index in [4.69, 9.17) is 26.1 Å². The van der Waals surface area contributed by atoms with Crippen LogP contribution in [0.2, 0.25) is 5.02 Å². The van der Waals surface area contributed by atoms with E-state index >= 15 is 0 Å². The number of rotatable bonds is 7. The zero-order valence-electron chi connectivity index (χ0n) is 20.2. The molecular formula is C29H26ClN3O3S. The fourth-order valence-corrected chi connectivity index (χ4v) is 5.75. The molecule has 0 radical (unpaired) electrons. The van der Waals surface area contributed by atoms with Gasteiger partial charge in [0.2, 0.25) is 6.79 Å². The lowest BCUT2D eigenvalue weighted by atomic mass is 10.00. The Hall–Kier alpha value is -3.39. The molecule has 2 aliphatic heterocycles. The molecule has 0 aliphatic carbocycles. The Kier molecular flexibility index (Phi) is 6.83. The number of carbonyl (C=O) groups is 1. The fraction of sp³-hybridized carbons (Fsp3) is 0.241. The summed E-state index contributed by atoms with van der Waals surface area (Å²) in [7, 11) is 0. The number of hydrogen-bond acceptors (Lipinski definition) is 6. The molecule has 6 rings (SSSR count). The van der Waals surface area contributed by atoms with Gasteiger partial charge in [-0.1, -0.05) is 54.1 Å². The number of thiazole rings is 1. The van der Waals surface area contributed by atoms with Gasteiger partial charge in [-0.3, -0.25) is 9.69 Å². The summed E-state index contributed by atoms with van der Waals surface area (Å²) in [6, 6.07) is 22.3. The van der Waals surface area contributed by atoms with Crippen molar-refractivity contribution in [2.24, 2.45) is 0 Å². The van der Waals surface area contributed by atoms with Crippen LogP contribution in [0.3, 0.4) is 0 Å². The second-order valence-corrected chi connectivity index (χ2v) is 10.7. The lowest BCUT2D eigenvalue weighted by Crippen LogP contribution is -2.36. The molecule has 0 saturated carbocycles. The van der Waals surface area contributed by atoms with Crippen molar-refractivity contribution < 1.29 is 14.3 Å². The van der Waals surface area contributed by atoms with Crippen LogP contribution in [0.4, 0.5) is 0 Å². The van der Waals surface area contributed by atoms with Gasteiger partial charge in [0, 0.05) is 36.6 Å². The highest BCUT2D eigenvalue weighted by molar-refractivity contribution is 7.09. The molecule has 1 amide bonds. The van der Waals surface area contributed by atoms with Crippen LogP contribution >= 0.6 is 22.9 Å². The first-order chi connectivity index (χ1) is 18.1. The molecule has 3 aromatic carbocycles. The van der Waals surface area contributed by atoms with Crippen molar-refractivity contribution in [2.75, 3.05) is 13.3 Å². The highest BCUT2D eigenvalue weighted by Crippen LogP contribution is 2.33. The van der Waals surface area contributed by atoms with Crippen LogP contribution in [0.15, 0.2) is 72.1 Å². The molecule has 8 heteroatoms. The number of amides is 1. The molecule has 0 unspecified atom stereocenters. The standard InChI is InChI=1S/C29H26ClN3O3S/c30-24-8-5-20(6-9-24)14-32(15-21-7-10-26-27(13-21)36-19-35-26)17-28-31-25(18-37-28)29(34)33-12-11-22-3-1-2-4-23(22)16-33/h1-10,13,18H,11-12,14-17,19H2. The zero-order chi connectivity index (χ0) is 25.2. The third kappa shape index (κ3) is 5.49. The Balaban J connectivity index is 1.18. The van der Waals surface area contributed by atoms with E-state index in [0.717, 1.165) is 52.2 Å². The van der Waals surface area contributed by atoms with Crippen molar-refractivity contribution in [2.45, 2.75) is 32.6 Å². The number of fused-ring (bicyclic) bond motifs is 2. The minimum absolute atomic E-state index is 0.00275. The van der Waals surface area contributed by atoms with Gasteiger partial charge in [0.05, 0.1) is 6.54 Å². The van der Waals surface area contributed by atoms with Gasteiger partial charge in [-0.2, -0.15) is 0 Å². The maximum absolute atomic E-state index is 13.2. The van der Waals surface area contributed by atoms with Crippen LogP contribution in [0.1, 0.15) is 37.7 Å². The van der Waals surface area contributed by atoms with Gasteiger partial charge >= 0.3 is 0 Å². The zero-order valence-corrected chi connectivity index (χ0v) is 21.8. The maximum atomic E-state index is 13.2. The first-order valence-corrected chi connectivity index (χ1v) is 13.5. The molecule has 0 saturated heterocycles. The molecule has 2 aliphatic rings. The lowest BCUT2D eigenvalue weighted by molar-refractivity contribution is 0.0729. The molecular weight excluding hydrogens is 506 g/mol. The highest BCUT2D eigenvalue weighted by Gasteiger charge is 2.24. The van der Waals surface area contributed by atoms with Gasteiger partial charge in [-0.15, -0.1) is 11.3 Å². The van der Waals surface area contributed by atoms with Gasteiger partial charge in [0.15, 0.2) is 11.5 Å². The van der Waals surface area contributed by atoms with Crippen LogP contribution in [0.25, 0.3) is 0 Å². The van der Waals surface area contributed by atoms with Crippen molar-refractivity contribution in [1.82, 2.24) is 14.8 Å². The molecule has 0 bridgehead atoms. The average Bonchev–Trinajstić information content (AvgIpc) is 3.59. The van der Waals surface area contributed by atoms with Gasteiger partial charge in [0.1, 0.15) is 10.7 Å². The number of ether oxygens (including phenoxy) is 2. The van der Waals surface area contributed by atoms with Crippen molar-refractivity contribution in [3.63, 3.8) is 0 Å². The monoisotopic (exact) mass is 531 g/mol. The Morgan fingerprint density at radius 3 is 2.57 bits per heavy atom. The number of hydrogen-bond donors (Lipinski definition) is 0. The molecule has 4 aromatic rings. The number of halogens is 1. The summed E-state index contributed by atoms with van der Waals surface area (Å²) >= 11 is 7.64. The van der Waals surface area contributed by atoms with E-state index in [9.17, 15) is 4.79 Å². The first-order valence-electron chi connectivity index (χ1n) is 12.3. The normalized spacial score (nSPS) is 14.2. The molecule has 3 heterocycles. The molecule has 0 atom stereocenters. The van der Waals surface area contributed by atoms with Gasteiger partial charge in [-0.05, 0) is 52.9 Å². The smallest absolute Gasteiger partial charge is 0.273 e. The molecule has 0 N–H and O–H groups in total. The van der Waals surface area contributed by atoms with E-state index in [1.165, 1.54) is 22.5 Å². The van der Waals surface area contributed by atoms with Crippen LogP contribution in [-0.2, 0) is 32.6 Å². The molecule has 188 valence electrons. The van der Waals surface area contributed by atoms with Crippen LogP contribution < -0.4 is 9.47 Å². The number of benzene rings is 3. The van der Waals surface area contributed by atoms with Gasteiger partial charge in [0.25, 0.3) is 5.91 Å². The van der Waals surface area contributed by atoms with E-state index < -0.39 is 0 Å². The van der Waals surface area contributed by atoms with Gasteiger partial charge < -0.3 is 14.4 Å². The fourth-order valence-electron chi connectivity index (χ4n) is 4.82. The summed E-state index contributed by atoms with van der Waals surface area (Å²) < 4.78 is 11.0. The SMILES string of the molecule is O=C(c1csc(CN(Cc2ccc(Cl)cc2)Cc2ccc3c(c2)OCO3)n1)N1CCc2ccccc2C1. The maximum Gasteiger partial charge on any atom is 0.273 e. The molecule has 0 spiro atoms. The summed E-state index contributed by atoms with van der Waals surface area (Å²) in [6.07, 6.45) is 0.878. The molecule has 6 nitrogen and oxygen atoms in total. The summed E-state index contributed by atoms with van der Waals surface area (Å²) in [4.78, 5) is 22.2. The molecule has 37 heavy (non-hydrogen) atoms. The first kappa shape index (κ1) is 24.0. The Labute approximate surface area is 225 Å². The lowest BCUT2D eigenvalue weighted by Gasteiger charge is -2.28. The summed E-state index contributed by atoms with van der Waals surface area (Å²) in [5.41, 5.74) is 5.35. The predicted octanol–water partition coefficient (Wildman–Crippen LogP) is 5.93. The third-order valence-corrected chi connectivity index (χ3v) is 7.80. The number of carbonyl (C=O) groups excluding carboxylic acids is 1. The number of aromatic nitrogens is 1. The van der Waals surface area contributed by atoms with Crippen molar-refractivity contribution >= 4 is 28.8 Å². The quantitative estimate of drug-likeness (QED) is 0.296. The highest BCUT2D eigenvalue weighted by atomic mass is 35.5. The van der Waals surface area contributed by atoms with E-state index in [1.54, 1.807) is 0 Å². The van der Waals surface area contributed by atoms with Crippen LogP contribution in [0, 0.1) is 0 Å². The van der Waals surface area contributed by atoms with Crippen LogP contribution in [-0.4, -0.2) is 34.0 Å². The van der Waals surface area contributed by atoms with Gasteiger partial charge in [-0.25, -0.2) is 4.98 Å². The summed E-state index contributed by atoms with van der Waals surface area (Å²) in [5, 5.41) is 3.52. The van der Waals surface area contributed by atoms with Crippen molar-refractivity contribution in [3.8, 4) is 11.5 Å². The minimum Gasteiger partial charge on any atom is -0.454 e. The van der Waals surface area contributed by atoms with Crippen molar-refractivity contribution in [3.05, 3.63) is 110 Å². The van der Waals surface area contributed by atoms with E-state index in [0.29, 0.717) is 25.3 Å². The summed E-state index contributed by atoms with van der Waals surface area (Å²) in [6.45, 7) is 3.65. The number of nitrogens with zero attached hydrogens (tertiary/aromatic N) is 3. The topological polar surface area (TPSA) is 54.9 Å². The Morgan fingerprint density at radius 2 is 1.70 bits per heavy atom.